The average molecular weight is 278 g/mol. The van der Waals surface area contributed by atoms with Gasteiger partial charge in [-0.2, -0.15) is 0 Å². The Morgan fingerprint density at radius 2 is 1.95 bits per heavy atom. The van der Waals surface area contributed by atoms with E-state index in [-0.39, 0.29) is 23.5 Å². The highest BCUT2D eigenvalue weighted by Gasteiger charge is 2.12. The lowest BCUT2D eigenvalue weighted by Gasteiger charge is -2.09. The summed E-state index contributed by atoms with van der Waals surface area (Å²) in [5, 5.41) is 9.00. The highest BCUT2D eigenvalue weighted by molar-refractivity contribution is 5.89. The van der Waals surface area contributed by atoms with Gasteiger partial charge in [0.15, 0.2) is 0 Å². The fourth-order valence-electron chi connectivity index (χ4n) is 1.71. The monoisotopic (exact) mass is 278 g/mol. The van der Waals surface area contributed by atoms with Crippen molar-refractivity contribution < 1.29 is 23.4 Å². The lowest BCUT2D eigenvalue weighted by Crippen LogP contribution is -2.06. The molecule has 0 aliphatic rings. The van der Waals surface area contributed by atoms with Crippen LogP contribution in [0.2, 0.25) is 0 Å². The van der Waals surface area contributed by atoms with Crippen LogP contribution in [0.4, 0.5) is 8.78 Å². The molecule has 0 saturated heterocycles. The number of carboxylic acids is 1. The van der Waals surface area contributed by atoms with Gasteiger partial charge in [0.2, 0.25) is 0 Å². The van der Waals surface area contributed by atoms with Crippen LogP contribution in [0.1, 0.15) is 21.5 Å². The first-order chi connectivity index (χ1) is 9.47. The Morgan fingerprint density at radius 3 is 2.60 bits per heavy atom. The third-order valence-corrected chi connectivity index (χ3v) is 2.84. The molecule has 0 heterocycles. The van der Waals surface area contributed by atoms with Gasteiger partial charge in [0, 0.05) is 11.6 Å². The van der Waals surface area contributed by atoms with E-state index < -0.39 is 17.6 Å². The molecule has 0 radical (unpaired) electrons. The van der Waals surface area contributed by atoms with Gasteiger partial charge in [-0.1, -0.05) is 6.07 Å². The third kappa shape index (κ3) is 3.12. The topological polar surface area (TPSA) is 46.5 Å². The summed E-state index contributed by atoms with van der Waals surface area (Å²) in [7, 11) is 0. The van der Waals surface area contributed by atoms with Crippen LogP contribution in [0.5, 0.6) is 5.75 Å². The van der Waals surface area contributed by atoms with Crippen molar-refractivity contribution >= 4 is 5.97 Å². The minimum Gasteiger partial charge on any atom is -0.489 e. The summed E-state index contributed by atoms with van der Waals surface area (Å²) in [5.74, 6) is -1.88. The van der Waals surface area contributed by atoms with Crippen LogP contribution >= 0.6 is 0 Å². The molecule has 0 bridgehead atoms. The molecule has 0 aromatic heterocycles. The molecule has 3 nitrogen and oxygen atoms in total. The van der Waals surface area contributed by atoms with Crippen molar-refractivity contribution in [1.29, 1.82) is 0 Å². The van der Waals surface area contributed by atoms with Crippen molar-refractivity contribution in [1.82, 2.24) is 0 Å². The Morgan fingerprint density at radius 1 is 1.20 bits per heavy atom. The number of aromatic carboxylic acids is 1. The first-order valence-electron chi connectivity index (χ1n) is 5.88. The molecule has 0 unspecified atom stereocenters. The standard InChI is InChI=1S/C15H12F2O3/c1-9-2-4-12(7-14(9)17)20-8-10-6-11(16)3-5-13(10)15(18)19/h2-7H,8H2,1H3,(H,18,19). The van der Waals surface area contributed by atoms with E-state index in [1.807, 2.05) is 0 Å². The number of carbonyl (C=O) groups is 1. The molecule has 2 aromatic carbocycles. The number of hydrogen-bond acceptors (Lipinski definition) is 2. The molecule has 2 aromatic rings. The Kier molecular flexibility index (Phi) is 3.98. The zero-order valence-corrected chi connectivity index (χ0v) is 10.7. The Labute approximate surface area is 114 Å². The van der Waals surface area contributed by atoms with Gasteiger partial charge in [-0.25, -0.2) is 13.6 Å². The maximum absolute atomic E-state index is 13.3. The van der Waals surface area contributed by atoms with Crippen molar-refractivity contribution in [2.75, 3.05) is 0 Å². The molecular formula is C15H12F2O3. The quantitative estimate of drug-likeness (QED) is 0.930. The number of carboxylic acid groups (broad SMARTS) is 1. The molecule has 2 rings (SSSR count). The highest BCUT2D eigenvalue weighted by Crippen LogP contribution is 2.19. The second kappa shape index (κ2) is 5.69. The van der Waals surface area contributed by atoms with E-state index in [2.05, 4.69) is 0 Å². The summed E-state index contributed by atoms with van der Waals surface area (Å²) in [4.78, 5) is 11.0. The van der Waals surface area contributed by atoms with Crippen LogP contribution in [0, 0.1) is 18.6 Å². The fraction of sp³-hybridized carbons (Fsp3) is 0.133. The van der Waals surface area contributed by atoms with Crippen molar-refractivity contribution in [3.05, 3.63) is 64.7 Å². The number of rotatable bonds is 4. The van der Waals surface area contributed by atoms with Crippen LogP contribution in [0.3, 0.4) is 0 Å². The first kappa shape index (κ1) is 14.0. The van der Waals surface area contributed by atoms with Crippen molar-refractivity contribution in [2.45, 2.75) is 13.5 Å². The third-order valence-electron chi connectivity index (χ3n) is 2.84. The minimum absolute atomic E-state index is 0.0426. The van der Waals surface area contributed by atoms with Gasteiger partial charge in [-0.05, 0) is 36.8 Å². The summed E-state index contributed by atoms with van der Waals surface area (Å²) in [6.45, 7) is 1.47. The van der Waals surface area contributed by atoms with Crippen LogP contribution < -0.4 is 4.74 Å². The lowest BCUT2D eigenvalue weighted by molar-refractivity contribution is 0.0694. The largest absolute Gasteiger partial charge is 0.489 e. The van der Waals surface area contributed by atoms with Gasteiger partial charge < -0.3 is 9.84 Å². The lowest BCUT2D eigenvalue weighted by atomic mass is 10.1. The van der Waals surface area contributed by atoms with Gasteiger partial charge in [-0.15, -0.1) is 0 Å². The summed E-state index contributed by atoms with van der Waals surface area (Å²) in [6.07, 6.45) is 0. The summed E-state index contributed by atoms with van der Waals surface area (Å²) in [5.41, 5.74) is 0.631. The zero-order valence-electron chi connectivity index (χ0n) is 10.7. The molecule has 0 aliphatic carbocycles. The summed E-state index contributed by atoms with van der Waals surface area (Å²) < 4.78 is 31.8. The van der Waals surface area contributed by atoms with E-state index >= 15 is 0 Å². The molecule has 0 atom stereocenters. The van der Waals surface area contributed by atoms with E-state index in [4.69, 9.17) is 9.84 Å². The molecule has 0 spiro atoms. The zero-order chi connectivity index (χ0) is 14.7. The number of halogens is 2. The molecule has 104 valence electrons. The maximum atomic E-state index is 13.3. The van der Waals surface area contributed by atoms with Gasteiger partial charge in [0.05, 0.1) is 5.56 Å². The second-order valence-electron chi connectivity index (χ2n) is 4.31. The number of benzene rings is 2. The van der Waals surface area contributed by atoms with E-state index in [1.54, 1.807) is 19.1 Å². The number of aryl methyl sites for hydroxylation is 1. The summed E-state index contributed by atoms with van der Waals surface area (Å²) in [6, 6.07) is 7.65. The molecule has 5 heteroatoms. The van der Waals surface area contributed by atoms with Crippen molar-refractivity contribution in [3.8, 4) is 5.75 Å². The average Bonchev–Trinajstić information content (AvgIpc) is 2.40. The van der Waals surface area contributed by atoms with Crippen LogP contribution in [0.15, 0.2) is 36.4 Å². The molecule has 0 saturated carbocycles. The number of hydrogen-bond donors (Lipinski definition) is 1. The Balaban J connectivity index is 2.20. The smallest absolute Gasteiger partial charge is 0.336 e. The predicted molar refractivity (Wildman–Crippen MR) is 68.8 cm³/mol. The first-order valence-corrected chi connectivity index (χ1v) is 5.88. The SMILES string of the molecule is Cc1ccc(OCc2cc(F)ccc2C(=O)O)cc1F. The maximum Gasteiger partial charge on any atom is 0.336 e. The van der Waals surface area contributed by atoms with Crippen molar-refractivity contribution in [2.24, 2.45) is 0 Å². The van der Waals surface area contributed by atoms with E-state index in [0.29, 0.717) is 5.56 Å². The molecular weight excluding hydrogens is 266 g/mol. The molecule has 20 heavy (non-hydrogen) atoms. The van der Waals surface area contributed by atoms with Gasteiger partial charge in [0.1, 0.15) is 24.0 Å². The van der Waals surface area contributed by atoms with Gasteiger partial charge in [-0.3, -0.25) is 0 Å². The fourth-order valence-corrected chi connectivity index (χ4v) is 1.71. The molecule has 0 fully saturated rings. The van der Waals surface area contributed by atoms with Crippen LogP contribution in [-0.2, 0) is 6.61 Å². The molecule has 0 amide bonds. The Hall–Kier alpha value is -2.43. The summed E-state index contributed by atoms with van der Waals surface area (Å²) >= 11 is 0. The molecule has 1 N–H and O–H groups in total. The van der Waals surface area contributed by atoms with Gasteiger partial charge >= 0.3 is 5.97 Å². The second-order valence-corrected chi connectivity index (χ2v) is 4.31. The Bertz CT molecular complexity index is 654. The van der Waals surface area contributed by atoms with E-state index in [9.17, 15) is 13.6 Å². The number of ether oxygens (including phenoxy) is 1. The van der Waals surface area contributed by atoms with Gasteiger partial charge in [0.25, 0.3) is 0 Å². The van der Waals surface area contributed by atoms with E-state index in [0.717, 1.165) is 12.1 Å². The normalized spacial score (nSPS) is 10.3. The predicted octanol–water partition coefficient (Wildman–Crippen LogP) is 3.55. The minimum atomic E-state index is -1.17. The van der Waals surface area contributed by atoms with Crippen LogP contribution in [-0.4, -0.2) is 11.1 Å². The van der Waals surface area contributed by atoms with Crippen molar-refractivity contribution in [3.63, 3.8) is 0 Å². The highest BCUT2D eigenvalue weighted by atomic mass is 19.1. The molecule has 0 aliphatic heterocycles. The van der Waals surface area contributed by atoms with Crippen LogP contribution in [0.25, 0.3) is 0 Å². The van der Waals surface area contributed by atoms with E-state index in [1.165, 1.54) is 12.1 Å².